The number of carbonyl (C=O) groups excluding carboxylic acids is 1. The summed E-state index contributed by atoms with van der Waals surface area (Å²) in [6, 6.07) is 14.3. The molecule has 1 aliphatic heterocycles. The maximum absolute atomic E-state index is 13.3. The zero-order valence-electron chi connectivity index (χ0n) is 19.9. The van der Waals surface area contributed by atoms with E-state index in [1.165, 1.54) is 17.7 Å². The molecule has 0 radical (unpaired) electrons. The van der Waals surface area contributed by atoms with Crippen molar-refractivity contribution >= 4 is 23.5 Å². The van der Waals surface area contributed by atoms with Crippen molar-refractivity contribution < 1.29 is 9.53 Å². The number of fused-ring (bicyclic) bond motifs is 2. The predicted molar refractivity (Wildman–Crippen MR) is 137 cm³/mol. The summed E-state index contributed by atoms with van der Waals surface area (Å²) in [5, 5.41) is 3.12. The van der Waals surface area contributed by atoms with E-state index in [-0.39, 0.29) is 11.4 Å². The van der Waals surface area contributed by atoms with Gasteiger partial charge in [-0.15, -0.1) is 11.8 Å². The van der Waals surface area contributed by atoms with Crippen LogP contribution in [0, 0.1) is 6.92 Å². The molecule has 2 aromatic heterocycles. The summed E-state index contributed by atoms with van der Waals surface area (Å²) < 4.78 is 5.26. The topological polar surface area (TPSA) is 67.3 Å². The third-order valence-electron chi connectivity index (χ3n) is 7.11. The zero-order chi connectivity index (χ0) is 23.7. The molecule has 2 amide bonds. The number of benzene rings is 1. The standard InChI is InChI=1S/C27H30N4O2S/c1-18-14-24(33-2)28-16-21(18)22-10-11-23-25(30-22)27(12-4-5-13-27)17-31(23)26(32)29-15-19-6-8-20(34-3)9-7-19/h6-11,14,16H,4-5,12-13,15,17H2,1-3H3,(H,29,32). The highest BCUT2D eigenvalue weighted by Crippen LogP contribution is 2.50. The van der Waals surface area contributed by atoms with Gasteiger partial charge in [-0.2, -0.15) is 0 Å². The minimum Gasteiger partial charge on any atom is -0.481 e. The van der Waals surface area contributed by atoms with Crippen LogP contribution in [0.15, 0.2) is 53.6 Å². The number of thioether (sulfide) groups is 1. The molecule has 1 N–H and O–H groups in total. The molecule has 7 heteroatoms. The molecule has 1 aliphatic carbocycles. The highest BCUT2D eigenvalue weighted by Gasteiger charge is 2.47. The summed E-state index contributed by atoms with van der Waals surface area (Å²) >= 11 is 1.71. The molecule has 3 aromatic rings. The highest BCUT2D eigenvalue weighted by atomic mass is 32.2. The Morgan fingerprint density at radius 2 is 1.94 bits per heavy atom. The fraction of sp³-hybridized carbons (Fsp3) is 0.370. The van der Waals surface area contributed by atoms with Crippen molar-refractivity contribution in [2.75, 3.05) is 24.8 Å². The fourth-order valence-electron chi connectivity index (χ4n) is 5.23. The van der Waals surface area contributed by atoms with Crippen molar-refractivity contribution in [3.8, 4) is 17.1 Å². The van der Waals surface area contributed by atoms with E-state index in [1.807, 2.05) is 30.2 Å². The Bertz CT molecular complexity index is 1210. The van der Waals surface area contributed by atoms with Gasteiger partial charge in [-0.3, -0.25) is 4.90 Å². The number of hydrogen-bond acceptors (Lipinski definition) is 5. The summed E-state index contributed by atoms with van der Waals surface area (Å²) in [6.07, 6.45) is 8.36. The van der Waals surface area contributed by atoms with Crippen LogP contribution >= 0.6 is 11.8 Å². The lowest BCUT2D eigenvalue weighted by Gasteiger charge is -2.24. The van der Waals surface area contributed by atoms with E-state index in [1.54, 1.807) is 18.9 Å². The fourth-order valence-corrected chi connectivity index (χ4v) is 5.64. The van der Waals surface area contributed by atoms with E-state index in [0.29, 0.717) is 19.0 Å². The molecule has 1 fully saturated rings. The first-order valence-electron chi connectivity index (χ1n) is 11.7. The second kappa shape index (κ2) is 9.29. The number of amides is 2. The summed E-state index contributed by atoms with van der Waals surface area (Å²) in [6.45, 7) is 3.25. The SMILES string of the molecule is COc1cc(C)c(-c2ccc3c(n2)C2(CCCC2)CN3C(=O)NCc2ccc(SC)cc2)cn1. The molecular formula is C27H30N4O2S. The molecule has 0 atom stereocenters. The number of anilines is 1. The molecular weight excluding hydrogens is 444 g/mol. The van der Waals surface area contributed by atoms with E-state index >= 15 is 0 Å². The summed E-state index contributed by atoms with van der Waals surface area (Å²) in [5.74, 6) is 0.598. The Morgan fingerprint density at radius 3 is 2.62 bits per heavy atom. The molecule has 0 bridgehead atoms. The number of rotatable bonds is 5. The van der Waals surface area contributed by atoms with Crippen LogP contribution in [-0.2, 0) is 12.0 Å². The first-order valence-corrected chi connectivity index (χ1v) is 13.0. The summed E-state index contributed by atoms with van der Waals surface area (Å²) in [7, 11) is 1.62. The number of pyridine rings is 2. The quantitative estimate of drug-likeness (QED) is 0.479. The number of hydrogen-bond donors (Lipinski definition) is 1. The smallest absolute Gasteiger partial charge is 0.322 e. The molecule has 1 spiro atoms. The number of ether oxygens (including phenoxy) is 1. The Labute approximate surface area is 205 Å². The van der Waals surface area contributed by atoms with E-state index < -0.39 is 0 Å². The maximum Gasteiger partial charge on any atom is 0.322 e. The molecule has 5 rings (SSSR count). The van der Waals surface area contributed by atoms with Crippen molar-refractivity contribution in [2.24, 2.45) is 0 Å². The van der Waals surface area contributed by atoms with Crippen LogP contribution in [0.1, 0.15) is 42.5 Å². The third kappa shape index (κ3) is 4.13. The van der Waals surface area contributed by atoms with Gasteiger partial charge in [0.2, 0.25) is 5.88 Å². The zero-order valence-corrected chi connectivity index (χ0v) is 20.7. The average molecular weight is 475 g/mol. The van der Waals surface area contributed by atoms with Gasteiger partial charge in [0.15, 0.2) is 0 Å². The minimum absolute atomic E-state index is 0.0590. The molecule has 0 saturated heterocycles. The normalized spacial score (nSPS) is 16.0. The number of nitrogens with zero attached hydrogens (tertiary/aromatic N) is 3. The van der Waals surface area contributed by atoms with Crippen LogP contribution in [0.5, 0.6) is 5.88 Å². The molecule has 3 heterocycles. The Kier molecular flexibility index (Phi) is 6.21. The van der Waals surface area contributed by atoms with Gasteiger partial charge in [-0.1, -0.05) is 25.0 Å². The summed E-state index contributed by atoms with van der Waals surface area (Å²) in [5.41, 5.74) is 5.98. The number of aryl methyl sites for hydroxylation is 1. The molecule has 176 valence electrons. The van der Waals surface area contributed by atoms with Crippen molar-refractivity contribution in [1.82, 2.24) is 15.3 Å². The molecule has 1 aromatic carbocycles. The van der Waals surface area contributed by atoms with E-state index in [9.17, 15) is 4.79 Å². The van der Waals surface area contributed by atoms with Crippen LogP contribution in [0.25, 0.3) is 11.3 Å². The van der Waals surface area contributed by atoms with Crippen LogP contribution in [0.2, 0.25) is 0 Å². The molecule has 0 unspecified atom stereocenters. The van der Waals surface area contributed by atoms with E-state index in [4.69, 9.17) is 9.72 Å². The monoisotopic (exact) mass is 474 g/mol. The lowest BCUT2D eigenvalue weighted by molar-refractivity contribution is 0.245. The number of nitrogens with one attached hydrogen (secondary N) is 1. The van der Waals surface area contributed by atoms with Gasteiger partial charge in [-0.25, -0.2) is 14.8 Å². The third-order valence-corrected chi connectivity index (χ3v) is 7.85. The van der Waals surface area contributed by atoms with Crippen molar-refractivity contribution in [2.45, 2.75) is 49.5 Å². The number of urea groups is 1. The van der Waals surface area contributed by atoms with Gasteiger partial charge in [0.1, 0.15) is 0 Å². The van der Waals surface area contributed by atoms with Gasteiger partial charge in [0.05, 0.1) is 24.2 Å². The largest absolute Gasteiger partial charge is 0.481 e. The Morgan fingerprint density at radius 1 is 1.18 bits per heavy atom. The van der Waals surface area contributed by atoms with Gasteiger partial charge < -0.3 is 10.1 Å². The molecule has 6 nitrogen and oxygen atoms in total. The van der Waals surface area contributed by atoms with Gasteiger partial charge >= 0.3 is 6.03 Å². The van der Waals surface area contributed by atoms with E-state index in [0.717, 1.165) is 46.6 Å². The van der Waals surface area contributed by atoms with E-state index in [2.05, 4.69) is 46.9 Å². The Hall–Kier alpha value is -3.06. The van der Waals surface area contributed by atoms with Crippen LogP contribution in [0.3, 0.4) is 0 Å². The first kappa shape index (κ1) is 22.7. The second-order valence-electron chi connectivity index (χ2n) is 9.19. The number of carbonyl (C=O) groups is 1. The molecule has 2 aliphatic rings. The molecule has 1 saturated carbocycles. The number of aromatic nitrogens is 2. The van der Waals surface area contributed by atoms with Crippen LogP contribution in [-0.4, -0.2) is 35.9 Å². The van der Waals surface area contributed by atoms with Gasteiger partial charge in [-0.05, 0) is 61.4 Å². The predicted octanol–water partition coefficient (Wildman–Crippen LogP) is 5.72. The lowest BCUT2D eigenvalue weighted by atomic mass is 9.84. The summed E-state index contributed by atoms with van der Waals surface area (Å²) in [4.78, 5) is 25.9. The van der Waals surface area contributed by atoms with Gasteiger partial charge in [0.25, 0.3) is 0 Å². The molecule has 34 heavy (non-hydrogen) atoms. The van der Waals surface area contributed by atoms with Crippen LogP contribution < -0.4 is 15.0 Å². The van der Waals surface area contributed by atoms with Crippen LogP contribution in [0.4, 0.5) is 10.5 Å². The van der Waals surface area contributed by atoms with Gasteiger partial charge in [0, 0.05) is 41.2 Å². The van der Waals surface area contributed by atoms with Crippen molar-refractivity contribution in [3.05, 3.63) is 65.5 Å². The number of methoxy groups -OCH3 is 1. The van der Waals surface area contributed by atoms with Crippen molar-refractivity contribution in [3.63, 3.8) is 0 Å². The van der Waals surface area contributed by atoms with Crippen molar-refractivity contribution in [1.29, 1.82) is 0 Å². The maximum atomic E-state index is 13.3. The second-order valence-corrected chi connectivity index (χ2v) is 10.1. The highest BCUT2D eigenvalue weighted by molar-refractivity contribution is 7.98. The Balaban J connectivity index is 1.42. The minimum atomic E-state index is -0.0594. The lowest BCUT2D eigenvalue weighted by Crippen LogP contribution is -2.41. The first-order chi connectivity index (χ1) is 16.5. The average Bonchev–Trinajstić information content (AvgIpc) is 3.48.